The quantitative estimate of drug-likeness (QED) is 0.497. The minimum absolute atomic E-state index is 0.0184. The van der Waals surface area contributed by atoms with E-state index in [9.17, 15) is 9.18 Å². The van der Waals surface area contributed by atoms with Crippen LogP contribution in [-0.4, -0.2) is 57.7 Å². The highest BCUT2D eigenvalue weighted by Gasteiger charge is 2.19. The molecular weight excluding hydrogens is 425 g/mol. The molecule has 168 valence electrons. The van der Waals surface area contributed by atoms with Crippen molar-refractivity contribution in [3.8, 4) is 5.69 Å². The van der Waals surface area contributed by atoms with Gasteiger partial charge in [0, 0.05) is 31.1 Å². The van der Waals surface area contributed by atoms with Gasteiger partial charge in [-0.3, -0.25) is 14.3 Å². The van der Waals surface area contributed by atoms with Gasteiger partial charge in [-0.1, -0.05) is 30.3 Å². The highest BCUT2D eigenvalue weighted by Crippen LogP contribution is 2.27. The average molecular weight is 454 g/mol. The third-order valence-electron chi connectivity index (χ3n) is 5.55. The lowest BCUT2D eigenvalue weighted by Crippen LogP contribution is -2.30. The summed E-state index contributed by atoms with van der Waals surface area (Å²) < 4.78 is 15.6. The van der Waals surface area contributed by atoms with E-state index >= 15 is 0 Å². The molecule has 32 heavy (non-hydrogen) atoms. The largest absolute Gasteiger partial charge is 0.345 e. The van der Waals surface area contributed by atoms with Crippen LogP contribution in [0.1, 0.15) is 41.0 Å². The number of aromatic nitrogens is 3. The molecule has 0 N–H and O–H groups in total. The minimum atomic E-state index is -0.268. The van der Waals surface area contributed by atoms with Crippen LogP contribution in [0.3, 0.4) is 0 Å². The molecule has 0 aliphatic carbocycles. The fourth-order valence-electron chi connectivity index (χ4n) is 3.86. The van der Waals surface area contributed by atoms with Crippen molar-refractivity contribution in [2.75, 3.05) is 27.2 Å². The summed E-state index contributed by atoms with van der Waals surface area (Å²) in [5.41, 5.74) is 2.55. The third-order valence-corrected chi connectivity index (χ3v) is 6.55. The Morgan fingerprint density at radius 2 is 1.81 bits per heavy atom. The number of likely N-dealkylation sites (tertiary alicyclic amines) is 1. The number of thioether (sulfide) groups is 1. The summed E-state index contributed by atoms with van der Waals surface area (Å²) in [4.78, 5) is 16.3. The van der Waals surface area contributed by atoms with Crippen molar-refractivity contribution in [3.63, 3.8) is 0 Å². The van der Waals surface area contributed by atoms with Gasteiger partial charge in [0.25, 0.3) is 5.91 Å². The lowest BCUT2D eigenvalue weighted by Gasteiger charge is -2.26. The number of hydrogen-bond acceptors (Lipinski definition) is 5. The molecule has 0 atom stereocenters. The SMILES string of the molecule is CN(C)C(=O)c1cccc(CSc2nnc(CN3CCCCC3)n2-c2ccc(F)cc2)c1. The zero-order valence-electron chi connectivity index (χ0n) is 18.5. The van der Waals surface area contributed by atoms with Crippen LogP contribution in [0.25, 0.3) is 5.69 Å². The predicted octanol–water partition coefficient (Wildman–Crippen LogP) is 4.39. The van der Waals surface area contributed by atoms with Crippen molar-refractivity contribution in [1.29, 1.82) is 0 Å². The molecule has 2 aromatic carbocycles. The molecule has 0 saturated carbocycles. The molecule has 0 spiro atoms. The maximum Gasteiger partial charge on any atom is 0.253 e. The summed E-state index contributed by atoms with van der Waals surface area (Å²) in [7, 11) is 3.50. The van der Waals surface area contributed by atoms with Crippen LogP contribution >= 0.6 is 11.8 Å². The van der Waals surface area contributed by atoms with Crippen LogP contribution in [-0.2, 0) is 12.3 Å². The first-order chi connectivity index (χ1) is 15.5. The summed E-state index contributed by atoms with van der Waals surface area (Å²) in [6.07, 6.45) is 3.68. The Balaban J connectivity index is 1.57. The van der Waals surface area contributed by atoms with E-state index in [1.165, 1.54) is 31.4 Å². The summed E-state index contributed by atoms with van der Waals surface area (Å²) in [5.74, 6) is 1.22. The molecule has 1 aliphatic heterocycles. The number of hydrogen-bond donors (Lipinski definition) is 0. The fourth-order valence-corrected chi connectivity index (χ4v) is 4.78. The smallest absolute Gasteiger partial charge is 0.253 e. The van der Waals surface area contributed by atoms with Gasteiger partial charge in [-0.25, -0.2) is 4.39 Å². The molecular formula is C24H28FN5OS. The van der Waals surface area contributed by atoms with Crippen molar-refractivity contribution in [2.24, 2.45) is 0 Å². The van der Waals surface area contributed by atoms with Gasteiger partial charge in [0.05, 0.1) is 6.54 Å². The van der Waals surface area contributed by atoms with Crippen molar-refractivity contribution >= 4 is 17.7 Å². The van der Waals surface area contributed by atoms with E-state index in [-0.39, 0.29) is 11.7 Å². The summed E-state index contributed by atoms with van der Waals surface area (Å²) in [6.45, 7) is 2.84. The predicted molar refractivity (Wildman–Crippen MR) is 124 cm³/mol. The number of rotatable bonds is 7. The van der Waals surface area contributed by atoms with Crippen molar-refractivity contribution in [3.05, 3.63) is 71.3 Å². The Bertz CT molecular complexity index is 1060. The summed E-state index contributed by atoms with van der Waals surface area (Å²) in [6, 6.07) is 14.1. The first-order valence-corrected chi connectivity index (χ1v) is 11.9. The molecule has 1 saturated heterocycles. The molecule has 0 radical (unpaired) electrons. The standard InChI is InChI=1S/C24H28FN5OS/c1-28(2)23(31)19-8-6-7-18(15-19)17-32-24-27-26-22(16-29-13-4-3-5-14-29)30(24)21-11-9-20(25)10-12-21/h6-12,15H,3-5,13-14,16-17H2,1-2H3. The van der Waals surface area contributed by atoms with E-state index in [1.807, 2.05) is 28.8 Å². The van der Waals surface area contributed by atoms with Crippen molar-refractivity contribution in [1.82, 2.24) is 24.6 Å². The average Bonchev–Trinajstić information content (AvgIpc) is 3.20. The Kier molecular flexibility index (Phi) is 7.22. The maximum atomic E-state index is 13.5. The monoisotopic (exact) mass is 453 g/mol. The molecule has 0 bridgehead atoms. The maximum absolute atomic E-state index is 13.5. The zero-order chi connectivity index (χ0) is 22.5. The van der Waals surface area contributed by atoms with Crippen LogP contribution in [0.4, 0.5) is 4.39 Å². The molecule has 3 aromatic rings. The molecule has 2 heterocycles. The molecule has 4 rings (SSSR count). The molecule has 1 fully saturated rings. The van der Waals surface area contributed by atoms with Gasteiger partial charge in [-0.05, 0) is 67.9 Å². The Labute approximate surface area is 192 Å². The summed E-state index contributed by atoms with van der Waals surface area (Å²) in [5, 5.41) is 9.71. The second-order valence-electron chi connectivity index (χ2n) is 8.24. The number of nitrogens with zero attached hydrogens (tertiary/aromatic N) is 5. The third kappa shape index (κ3) is 5.37. The Hall–Kier alpha value is -2.71. The van der Waals surface area contributed by atoms with Crippen LogP contribution < -0.4 is 0 Å². The first-order valence-electron chi connectivity index (χ1n) is 10.9. The van der Waals surface area contributed by atoms with Gasteiger partial charge in [-0.2, -0.15) is 0 Å². The summed E-state index contributed by atoms with van der Waals surface area (Å²) >= 11 is 1.56. The molecule has 0 unspecified atom stereocenters. The Morgan fingerprint density at radius 3 is 2.53 bits per heavy atom. The number of amides is 1. The van der Waals surface area contributed by atoms with Crippen LogP contribution in [0, 0.1) is 5.82 Å². The van der Waals surface area contributed by atoms with Crippen LogP contribution in [0.5, 0.6) is 0 Å². The van der Waals surface area contributed by atoms with Gasteiger partial charge < -0.3 is 4.90 Å². The van der Waals surface area contributed by atoms with Crippen LogP contribution in [0.2, 0.25) is 0 Å². The van der Waals surface area contributed by atoms with Crippen LogP contribution in [0.15, 0.2) is 53.7 Å². The van der Waals surface area contributed by atoms with E-state index in [4.69, 9.17) is 0 Å². The van der Waals surface area contributed by atoms with Gasteiger partial charge in [0.15, 0.2) is 11.0 Å². The van der Waals surface area contributed by atoms with E-state index in [0.29, 0.717) is 11.3 Å². The number of benzene rings is 2. The highest BCUT2D eigenvalue weighted by molar-refractivity contribution is 7.98. The van der Waals surface area contributed by atoms with Crippen molar-refractivity contribution < 1.29 is 9.18 Å². The van der Waals surface area contributed by atoms with Gasteiger partial charge in [0.1, 0.15) is 5.82 Å². The van der Waals surface area contributed by atoms with Crippen molar-refractivity contribution in [2.45, 2.75) is 36.7 Å². The zero-order valence-corrected chi connectivity index (χ0v) is 19.3. The number of piperidine rings is 1. The molecule has 1 amide bonds. The van der Waals surface area contributed by atoms with E-state index in [1.54, 1.807) is 42.9 Å². The topological polar surface area (TPSA) is 54.3 Å². The number of carbonyl (C=O) groups excluding carboxylic acids is 1. The highest BCUT2D eigenvalue weighted by atomic mass is 32.2. The lowest BCUT2D eigenvalue weighted by atomic mass is 10.1. The number of carbonyl (C=O) groups is 1. The van der Waals surface area contributed by atoms with Gasteiger partial charge in [0.2, 0.25) is 0 Å². The normalized spacial score (nSPS) is 14.5. The fraction of sp³-hybridized carbons (Fsp3) is 0.375. The van der Waals surface area contributed by atoms with E-state index in [2.05, 4.69) is 15.1 Å². The Morgan fingerprint density at radius 1 is 1.06 bits per heavy atom. The molecule has 8 heteroatoms. The minimum Gasteiger partial charge on any atom is -0.345 e. The number of halogens is 1. The van der Waals surface area contributed by atoms with E-state index in [0.717, 1.165) is 41.9 Å². The first kappa shape index (κ1) is 22.5. The molecule has 1 aliphatic rings. The lowest BCUT2D eigenvalue weighted by molar-refractivity contribution is 0.0827. The molecule has 6 nitrogen and oxygen atoms in total. The van der Waals surface area contributed by atoms with Gasteiger partial charge in [-0.15, -0.1) is 10.2 Å². The van der Waals surface area contributed by atoms with E-state index < -0.39 is 0 Å². The molecule has 1 aromatic heterocycles. The second kappa shape index (κ2) is 10.3. The second-order valence-corrected chi connectivity index (χ2v) is 9.18. The van der Waals surface area contributed by atoms with Gasteiger partial charge >= 0.3 is 0 Å².